The minimum atomic E-state index is -2.61. The largest absolute Gasteiger partial charge is 0.496 e. The molecule has 0 aliphatic carbocycles. The van der Waals surface area contributed by atoms with Crippen LogP contribution in [-0.2, 0) is 0 Å². The van der Waals surface area contributed by atoms with Gasteiger partial charge >= 0.3 is 0 Å². The summed E-state index contributed by atoms with van der Waals surface area (Å²) < 4.78 is 30.5. The second-order valence-electron chi connectivity index (χ2n) is 2.94. The van der Waals surface area contributed by atoms with Gasteiger partial charge in [-0.2, -0.15) is 0 Å². The molecule has 1 rings (SSSR count). The van der Waals surface area contributed by atoms with Gasteiger partial charge in [0.1, 0.15) is 5.75 Å². The average Bonchev–Trinajstić information content (AvgIpc) is 2.17. The van der Waals surface area contributed by atoms with E-state index in [1.54, 1.807) is 22.6 Å². The van der Waals surface area contributed by atoms with Crippen molar-refractivity contribution in [2.45, 2.75) is 13.3 Å². The van der Waals surface area contributed by atoms with E-state index in [9.17, 15) is 13.6 Å². The van der Waals surface area contributed by atoms with Gasteiger partial charge in [0.25, 0.3) is 6.43 Å². The quantitative estimate of drug-likeness (QED) is 0.628. The zero-order chi connectivity index (χ0) is 11.6. The molecular weight excluding hydrogens is 317 g/mol. The number of rotatable bonds is 3. The molecule has 82 valence electrons. The van der Waals surface area contributed by atoms with E-state index in [0.29, 0.717) is 9.32 Å². The van der Waals surface area contributed by atoms with Crippen LogP contribution in [0.2, 0.25) is 0 Å². The van der Waals surface area contributed by atoms with Crippen molar-refractivity contribution in [1.82, 2.24) is 0 Å². The van der Waals surface area contributed by atoms with Gasteiger partial charge in [-0.25, -0.2) is 8.78 Å². The van der Waals surface area contributed by atoms with E-state index in [1.807, 2.05) is 0 Å². The summed E-state index contributed by atoms with van der Waals surface area (Å²) in [5.74, 6) is 0.0465. The monoisotopic (exact) mass is 326 g/mol. The van der Waals surface area contributed by atoms with Gasteiger partial charge in [-0.05, 0) is 41.6 Å². The summed E-state index contributed by atoms with van der Waals surface area (Å²) in [5, 5.41) is 0. The van der Waals surface area contributed by atoms with Crippen molar-refractivity contribution in [3.05, 3.63) is 26.8 Å². The summed E-state index contributed by atoms with van der Waals surface area (Å²) in [4.78, 5) is 11.1. The summed E-state index contributed by atoms with van der Waals surface area (Å²) >= 11 is 1.78. The average molecular weight is 326 g/mol. The summed E-state index contributed by atoms with van der Waals surface area (Å²) in [6.07, 6.45) is -2.61. The predicted octanol–water partition coefficient (Wildman–Crippen LogP) is 3.44. The molecule has 1 aromatic rings. The van der Waals surface area contributed by atoms with Crippen LogP contribution in [0.1, 0.15) is 29.3 Å². The number of carbonyl (C=O) groups excluding carboxylic acids is 1. The number of hydrogen-bond acceptors (Lipinski definition) is 2. The number of alkyl halides is 2. The lowest BCUT2D eigenvalue weighted by Gasteiger charge is -2.10. The van der Waals surface area contributed by atoms with Crippen molar-refractivity contribution in [2.75, 3.05) is 7.11 Å². The number of ether oxygens (including phenoxy) is 1. The lowest BCUT2D eigenvalue weighted by Crippen LogP contribution is -2.00. The molecule has 0 spiro atoms. The standard InChI is InChI=1S/C10H9F2IO2/c1-5(14)6-3-7(10(11)12)9(13)8(4-6)15-2/h3-4,10H,1-2H3. The summed E-state index contributed by atoms with van der Waals surface area (Å²) in [5.41, 5.74) is 0.0720. The van der Waals surface area contributed by atoms with Crippen LogP contribution >= 0.6 is 22.6 Å². The number of ketones is 1. The summed E-state index contributed by atoms with van der Waals surface area (Å²) in [7, 11) is 1.39. The van der Waals surface area contributed by atoms with E-state index in [1.165, 1.54) is 26.2 Å². The molecule has 0 fully saturated rings. The van der Waals surface area contributed by atoms with Crippen LogP contribution < -0.4 is 4.74 Å². The third kappa shape index (κ3) is 2.64. The normalized spacial score (nSPS) is 10.5. The summed E-state index contributed by atoms with van der Waals surface area (Å²) in [6.45, 7) is 1.33. The molecule has 0 unspecified atom stereocenters. The maximum absolute atomic E-state index is 12.6. The maximum Gasteiger partial charge on any atom is 0.265 e. The number of hydrogen-bond donors (Lipinski definition) is 0. The topological polar surface area (TPSA) is 26.3 Å². The molecule has 0 saturated heterocycles. The Labute approximate surface area is 99.8 Å². The number of methoxy groups -OCH3 is 1. The van der Waals surface area contributed by atoms with E-state index in [2.05, 4.69) is 0 Å². The van der Waals surface area contributed by atoms with Crippen LogP contribution in [-0.4, -0.2) is 12.9 Å². The summed E-state index contributed by atoms with van der Waals surface area (Å²) in [6, 6.07) is 2.67. The molecule has 15 heavy (non-hydrogen) atoms. The van der Waals surface area contributed by atoms with E-state index < -0.39 is 6.43 Å². The lowest BCUT2D eigenvalue weighted by molar-refractivity contribution is 0.101. The number of benzene rings is 1. The van der Waals surface area contributed by atoms with Crippen LogP contribution in [0.15, 0.2) is 12.1 Å². The highest BCUT2D eigenvalue weighted by Gasteiger charge is 2.17. The Morgan fingerprint density at radius 1 is 1.47 bits per heavy atom. The van der Waals surface area contributed by atoms with Gasteiger partial charge < -0.3 is 4.74 Å². The Balaban J connectivity index is 3.38. The molecule has 0 saturated carbocycles. The van der Waals surface area contributed by atoms with E-state index in [4.69, 9.17) is 4.74 Å². The van der Waals surface area contributed by atoms with Gasteiger partial charge in [0.15, 0.2) is 5.78 Å². The third-order valence-electron chi connectivity index (χ3n) is 1.93. The minimum Gasteiger partial charge on any atom is -0.496 e. The molecule has 0 amide bonds. The molecule has 0 radical (unpaired) electrons. The first-order valence-corrected chi connectivity index (χ1v) is 5.21. The minimum absolute atomic E-state index is 0.167. The highest BCUT2D eigenvalue weighted by atomic mass is 127. The van der Waals surface area contributed by atoms with Crippen molar-refractivity contribution in [2.24, 2.45) is 0 Å². The molecule has 1 aromatic carbocycles. The van der Waals surface area contributed by atoms with Crippen LogP contribution in [0, 0.1) is 3.57 Å². The van der Waals surface area contributed by atoms with Gasteiger partial charge in [0.05, 0.1) is 10.7 Å². The Bertz CT molecular complexity index is 391. The van der Waals surface area contributed by atoms with Crippen LogP contribution in [0.3, 0.4) is 0 Å². The fourth-order valence-corrected chi connectivity index (χ4v) is 1.90. The second kappa shape index (κ2) is 4.87. The molecule has 0 bridgehead atoms. The van der Waals surface area contributed by atoms with E-state index in [-0.39, 0.29) is 16.9 Å². The molecule has 0 atom stereocenters. The Hall–Kier alpha value is -0.720. The van der Waals surface area contributed by atoms with E-state index in [0.717, 1.165) is 0 Å². The van der Waals surface area contributed by atoms with Gasteiger partial charge in [0.2, 0.25) is 0 Å². The molecule has 0 aliphatic heterocycles. The second-order valence-corrected chi connectivity index (χ2v) is 4.02. The first-order chi connectivity index (χ1) is 6.97. The molecule has 0 aromatic heterocycles. The molecule has 2 nitrogen and oxygen atoms in total. The van der Waals surface area contributed by atoms with Crippen molar-refractivity contribution in [3.8, 4) is 5.75 Å². The van der Waals surface area contributed by atoms with Gasteiger partial charge in [-0.1, -0.05) is 0 Å². The highest BCUT2D eigenvalue weighted by Crippen LogP contribution is 2.32. The fourth-order valence-electron chi connectivity index (χ4n) is 1.13. The number of carbonyl (C=O) groups is 1. The van der Waals surface area contributed by atoms with Gasteiger partial charge in [-0.3, -0.25) is 4.79 Å². The lowest BCUT2D eigenvalue weighted by atomic mass is 10.1. The Morgan fingerprint density at radius 3 is 2.47 bits per heavy atom. The zero-order valence-electron chi connectivity index (χ0n) is 8.18. The van der Waals surface area contributed by atoms with Crippen molar-refractivity contribution >= 4 is 28.4 Å². The maximum atomic E-state index is 12.6. The first kappa shape index (κ1) is 12.4. The highest BCUT2D eigenvalue weighted by molar-refractivity contribution is 14.1. The van der Waals surface area contributed by atoms with Crippen molar-refractivity contribution < 1.29 is 18.3 Å². The fraction of sp³-hybridized carbons (Fsp3) is 0.300. The SMILES string of the molecule is COc1cc(C(C)=O)cc(C(F)F)c1I. The Morgan fingerprint density at radius 2 is 2.07 bits per heavy atom. The smallest absolute Gasteiger partial charge is 0.265 e. The van der Waals surface area contributed by atoms with E-state index >= 15 is 0 Å². The zero-order valence-corrected chi connectivity index (χ0v) is 10.3. The van der Waals surface area contributed by atoms with Crippen LogP contribution in [0.25, 0.3) is 0 Å². The number of Topliss-reactive ketones (excluding diaryl/α,β-unsaturated/α-hetero) is 1. The van der Waals surface area contributed by atoms with Gasteiger partial charge in [0, 0.05) is 11.1 Å². The van der Waals surface area contributed by atoms with Crippen LogP contribution in [0.4, 0.5) is 8.78 Å². The van der Waals surface area contributed by atoms with Crippen molar-refractivity contribution in [1.29, 1.82) is 0 Å². The molecule has 0 N–H and O–H groups in total. The van der Waals surface area contributed by atoms with Crippen LogP contribution in [0.5, 0.6) is 5.75 Å². The third-order valence-corrected chi connectivity index (χ3v) is 3.08. The Kier molecular flexibility index (Phi) is 4.01. The molecule has 0 heterocycles. The van der Waals surface area contributed by atoms with Gasteiger partial charge in [-0.15, -0.1) is 0 Å². The molecule has 5 heteroatoms. The number of halogens is 3. The first-order valence-electron chi connectivity index (χ1n) is 4.14. The predicted molar refractivity (Wildman–Crippen MR) is 60.7 cm³/mol. The molecular formula is C10H9F2IO2. The molecule has 0 aliphatic rings. The van der Waals surface area contributed by atoms with Crippen molar-refractivity contribution in [3.63, 3.8) is 0 Å².